The molecule has 5 heteroatoms. The van der Waals surface area contributed by atoms with Crippen molar-refractivity contribution in [1.29, 1.82) is 0 Å². The molecule has 0 aromatic heterocycles. The lowest BCUT2D eigenvalue weighted by atomic mass is 9.97. The van der Waals surface area contributed by atoms with Gasteiger partial charge in [0.15, 0.2) is 0 Å². The van der Waals surface area contributed by atoms with E-state index >= 15 is 0 Å². The number of fused-ring (bicyclic) bond motifs is 1. The molecule has 2 unspecified atom stereocenters. The number of aliphatic carboxylic acids is 1. The molecular formula is C16H21ClN2O2. The van der Waals surface area contributed by atoms with E-state index in [1.165, 1.54) is 19.3 Å². The van der Waals surface area contributed by atoms with Gasteiger partial charge in [0.1, 0.15) is 6.54 Å². The van der Waals surface area contributed by atoms with Crippen LogP contribution < -0.4 is 4.90 Å². The summed E-state index contributed by atoms with van der Waals surface area (Å²) in [6.07, 6.45) is 4.71. The van der Waals surface area contributed by atoms with Crippen LogP contribution in [0.3, 0.4) is 0 Å². The fourth-order valence-corrected chi connectivity index (χ4v) is 3.97. The maximum absolute atomic E-state index is 11.3. The van der Waals surface area contributed by atoms with Crippen LogP contribution in [0, 0.1) is 0 Å². The highest BCUT2D eigenvalue weighted by Crippen LogP contribution is 2.33. The molecule has 0 saturated carbocycles. The number of anilines is 1. The zero-order valence-electron chi connectivity index (χ0n) is 12.0. The lowest BCUT2D eigenvalue weighted by Gasteiger charge is -2.38. The van der Waals surface area contributed by atoms with Gasteiger partial charge in [-0.1, -0.05) is 24.1 Å². The average molecular weight is 309 g/mol. The summed E-state index contributed by atoms with van der Waals surface area (Å²) in [5.74, 6) is -0.788. The van der Waals surface area contributed by atoms with E-state index in [1.54, 1.807) is 0 Å². The van der Waals surface area contributed by atoms with Crippen molar-refractivity contribution in [2.75, 3.05) is 24.5 Å². The Labute approximate surface area is 130 Å². The zero-order chi connectivity index (χ0) is 14.8. The van der Waals surface area contributed by atoms with Gasteiger partial charge < -0.3 is 10.0 Å². The number of carbonyl (C=O) groups is 1. The number of nitrogens with zero attached hydrogens (tertiary/aromatic N) is 2. The van der Waals surface area contributed by atoms with Gasteiger partial charge in [-0.3, -0.25) is 9.69 Å². The van der Waals surface area contributed by atoms with Crippen molar-refractivity contribution in [1.82, 2.24) is 4.90 Å². The molecule has 2 aliphatic heterocycles. The molecule has 114 valence electrons. The summed E-state index contributed by atoms with van der Waals surface area (Å²) >= 11 is 6.09. The Kier molecular flexibility index (Phi) is 4.36. The van der Waals surface area contributed by atoms with Crippen molar-refractivity contribution in [2.45, 2.75) is 37.8 Å². The van der Waals surface area contributed by atoms with Gasteiger partial charge in [-0.05, 0) is 44.0 Å². The minimum Gasteiger partial charge on any atom is -0.480 e. The van der Waals surface area contributed by atoms with Gasteiger partial charge in [-0.2, -0.15) is 0 Å². The summed E-state index contributed by atoms with van der Waals surface area (Å²) in [4.78, 5) is 15.8. The second-order valence-electron chi connectivity index (χ2n) is 5.96. The molecule has 0 aliphatic carbocycles. The largest absolute Gasteiger partial charge is 0.480 e. The monoisotopic (exact) mass is 308 g/mol. The molecule has 0 amide bonds. The smallest absolute Gasteiger partial charge is 0.323 e. The molecule has 1 aromatic carbocycles. The topological polar surface area (TPSA) is 43.8 Å². The first kappa shape index (κ1) is 14.7. The van der Waals surface area contributed by atoms with Crippen LogP contribution in [0.1, 0.15) is 25.7 Å². The fraction of sp³-hybridized carbons (Fsp3) is 0.562. The Hall–Kier alpha value is -1.26. The lowest BCUT2D eigenvalue weighted by Crippen LogP contribution is -2.48. The van der Waals surface area contributed by atoms with Crippen molar-refractivity contribution in [3.05, 3.63) is 29.3 Å². The Morgan fingerprint density at radius 3 is 2.95 bits per heavy atom. The molecule has 2 heterocycles. The van der Waals surface area contributed by atoms with Gasteiger partial charge in [-0.15, -0.1) is 0 Å². The van der Waals surface area contributed by atoms with E-state index in [4.69, 9.17) is 11.6 Å². The van der Waals surface area contributed by atoms with Crippen LogP contribution in [0.25, 0.3) is 0 Å². The third-order valence-electron chi connectivity index (χ3n) is 4.67. The van der Waals surface area contributed by atoms with E-state index in [9.17, 15) is 9.90 Å². The molecule has 2 fully saturated rings. The third kappa shape index (κ3) is 3.16. The predicted octanol–water partition coefficient (Wildman–Crippen LogP) is 2.86. The van der Waals surface area contributed by atoms with Gasteiger partial charge in [0.2, 0.25) is 0 Å². The number of carboxylic acids is 1. The molecule has 1 aromatic rings. The van der Waals surface area contributed by atoms with Crippen LogP contribution in [-0.2, 0) is 4.79 Å². The maximum atomic E-state index is 11.3. The van der Waals surface area contributed by atoms with Gasteiger partial charge in [0.05, 0.1) is 0 Å². The Morgan fingerprint density at radius 1 is 1.33 bits per heavy atom. The van der Waals surface area contributed by atoms with Crippen LogP contribution in [0.15, 0.2) is 24.3 Å². The second-order valence-corrected chi connectivity index (χ2v) is 6.39. The Bertz CT molecular complexity index is 523. The van der Waals surface area contributed by atoms with Crippen LogP contribution in [-0.4, -0.2) is 47.7 Å². The van der Waals surface area contributed by atoms with Gasteiger partial charge in [0, 0.05) is 29.3 Å². The number of carboxylic acid groups (broad SMARTS) is 1. The van der Waals surface area contributed by atoms with Crippen molar-refractivity contribution in [3.8, 4) is 0 Å². The highest BCUT2D eigenvalue weighted by atomic mass is 35.5. The zero-order valence-corrected chi connectivity index (χ0v) is 12.8. The van der Waals surface area contributed by atoms with Gasteiger partial charge in [0.25, 0.3) is 0 Å². The van der Waals surface area contributed by atoms with E-state index in [-0.39, 0.29) is 12.6 Å². The molecular weight excluding hydrogens is 288 g/mol. The molecule has 0 radical (unpaired) electrons. The van der Waals surface area contributed by atoms with E-state index in [0.29, 0.717) is 11.1 Å². The van der Waals surface area contributed by atoms with Crippen LogP contribution in [0.4, 0.5) is 5.69 Å². The Balaban J connectivity index is 1.87. The molecule has 3 rings (SSSR count). The molecule has 0 bridgehead atoms. The summed E-state index contributed by atoms with van der Waals surface area (Å²) in [6, 6.07) is 8.30. The maximum Gasteiger partial charge on any atom is 0.323 e. The number of rotatable bonds is 4. The number of piperidine rings is 1. The summed E-state index contributed by atoms with van der Waals surface area (Å²) in [5, 5.41) is 9.94. The van der Waals surface area contributed by atoms with Crippen molar-refractivity contribution in [3.63, 3.8) is 0 Å². The first-order valence-electron chi connectivity index (χ1n) is 7.63. The highest BCUT2D eigenvalue weighted by molar-refractivity contribution is 6.30. The molecule has 1 N–H and O–H groups in total. The minimum atomic E-state index is -0.788. The predicted molar refractivity (Wildman–Crippen MR) is 84.1 cm³/mol. The molecule has 2 saturated heterocycles. The number of halogens is 1. The van der Waals surface area contributed by atoms with Gasteiger partial charge in [-0.25, -0.2) is 0 Å². The fourth-order valence-electron chi connectivity index (χ4n) is 3.78. The molecule has 2 atom stereocenters. The number of benzene rings is 1. The van der Waals surface area contributed by atoms with Crippen molar-refractivity contribution in [2.24, 2.45) is 0 Å². The third-order valence-corrected chi connectivity index (χ3v) is 4.90. The van der Waals surface area contributed by atoms with Gasteiger partial charge >= 0.3 is 5.97 Å². The van der Waals surface area contributed by atoms with E-state index in [1.807, 2.05) is 29.2 Å². The lowest BCUT2D eigenvalue weighted by molar-refractivity contribution is -0.135. The van der Waals surface area contributed by atoms with E-state index in [2.05, 4.69) is 4.90 Å². The molecule has 4 nitrogen and oxygen atoms in total. The summed E-state index contributed by atoms with van der Waals surface area (Å²) in [6.45, 7) is 2.26. The standard InChI is InChI=1S/C16H21ClN2O2/c17-12-4-3-5-13(10-12)19(11-16(20)21)15-7-9-18-8-2-1-6-14(15)18/h3-5,10,14-15H,1-2,6-9,11H2,(H,20,21). The first-order valence-corrected chi connectivity index (χ1v) is 8.01. The summed E-state index contributed by atoms with van der Waals surface area (Å²) < 4.78 is 0. The molecule has 0 spiro atoms. The van der Waals surface area contributed by atoms with E-state index in [0.717, 1.165) is 25.2 Å². The van der Waals surface area contributed by atoms with Crippen LogP contribution in [0.5, 0.6) is 0 Å². The number of hydrogen-bond acceptors (Lipinski definition) is 3. The second kappa shape index (κ2) is 6.24. The van der Waals surface area contributed by atoms with Crippen LogP contribution in [0.2, 0.25) is 5.02 Å². The van der Waals surface area contributed by atoms with Crippen molar-refractivity contribution < 1.29 is 9.90 Å². The molecule has 21 heavy (non-hydrogen) atoms. The summed E-state index contributed by atoms with van der Waals surface area (Å²) in [7, 11) is 0. The minimum absolute atomic E-state index is 0.0371. The quantitative estimate of drug-likeness (QED) is 0.929. The normalized spacial score (nSPS) is 25.6. The molecule has 2 aliphatic rings. The van der Waals surface area contributed by atoms with E-state index < -0.39 is 5.97 Å². The highest BCUT2D eigenvalue weighted by Gasteiger charge is 2.39. The number of hydrogen-bond donors (Lipinski definition) is 1. The average Bonchev–Trinajstić information content (AvgIpc) is 2.88. The van der Waals surface area contributed by atoms with Crippen molar-refractivity contribution >= 4 is 23.3 Å². The summed E-state index contributed by atoms with van der Waals surface area (Å²) in [5.41, 5.74) is 0.919. The van der Waals surface area contributed by atoms with Crippen LogP contribution >= 0.6 is 11.6 Å². The first-order chi connectivity index (χ1) is 10.1. The SMILES string of the molecule is O=C(O)CN(c1cccc(Cl)c1)C1CCN2CCCCC12. The Morgan fingerprint density at radius 2 is 2.19 bits per heavy atom.